The van der Waals surface area contributed by atoms with Gasteiger partial charge in [-0.05, 0) is 12.1 Å². The number of nitrogens with two attached hydrogens (primary N) is 1. The Bertz CT molecular complexity index is 703. The molecular formula is C14H12BrN3. The molecule has 90 valence electrons. The van der Waals surface area contributed by atoms with Gasteiger partial charge in [-0.2, -0.15) is 0 Å². The lowest BCUT2D eigenvalue weighted by atomic mass is 10.2. The van der Waals surface area contributed by atoms with Gasteiger partial charge in [0.25, 0.3) is 0 Å². The number of nitrogens with zero attached hydrogens (tertiary/aromatic N) is 2. The summed E-state index contributed by atoms with van der Waals surface area (Å²) in [7, 11) is 0. The van der Waals surface area contributed by atoms with Crippen LogP contribution in [0.4, 0.5) is 0 Å². The largest absolute Gasteiger partial charge is 0.326 e. The first-order valence-electron chi connectivity index (χ1n) is 5.71. The maximum absolute atomic E-state index is 5.73. The summed E-state index contributed by atoms with van der Waals surface area (Å²) in [6.07, 6.45) is 4.01. The molecule has 0 radical (unpaired) electrons. The van der Waals surface area contributed by atoms with Crippen molar-refractivity contribution >= 4 is 21.6 Å². The number of hydrogen-bond acceptors (Lipinski definition) is 2. The van der Waals surface area contributed by atoms with Crippen LogP contribution >= 0.6 is 15.9 Å². The molecule has 0 saturated heterocycles. The minimum atomic E-state index is 0.497. The van der Waals surface area contributed by atoms with Crippen molar-refractivity contribution in [2.45, 2.75) is 6.54 Å². The number of rotatable bonds is 2. The summed E-state index contributed by atoms with van der Waals surface area (Å²) in [6, 6.07) is 12.1. The average molecular weight is 302 g/mol. The molecule has 0 spiro atoms. The topological polar surface area (TPSA) is 43.3 Å². The second-order valence-corrected chi connectivity index (χ2v) is 4.93. The van der Waals surface area contributed by atoms with Gasteiger partial charge in [0.1, 0.15) is 5.65 Å². The molecule has 0 amide bonds. The number of benzene rings is 1. The number of halogens is 1. The number of hydrogen-bond donors (Lipinski definition) is 1. The first-order valence-corrected chi connectivity index (χ1v) is 6.50. The van der Waals surface area contributed by atoms with Gasteiger partial charge in [-0.25, -0.2) is 4.98 Å². The molecule has 1 aromatic carbocycles. The fourth-order valence-electron chi connectivity index (χ4n) is 2.03. The van der Waals surface area contributed by atoms with Crippen molar-refractivity contribution in [3.8, 4) is 11.3 Å². The normalized spacial score (nSPS) is 11.0. The quantitative estimate of drug-likeness (QED) is 0.790. The van der Waals surface area contributed by atoms with Gasteiger partial charge in [-0.1, -0.05) is 40.2 Å². The SMILES string of the molecule is NCc1cccn2cc(-c3ccccc3Br)nc12. The van der Waals surface area contributed by atoms with Gasteiger partial charge in [-0.3, -0.25) is 0 Å². The first-order chi connectivity index (χ1) is 8.79. The Morgan fingerprint density at radius 3 is 2.78 bits per heavy atom. The Labute approximate surface area is 113 Å². The highest BCUT2D eigenvalue weighted by molar-refractivity contribution is 9.10. The lowest BCUT2D eigenvalue weighted by molar-refractivity contribution is 1.04. The Kier molecular flexibility index (Phi) is 2.89. The van der Waals surface area contributed by atoms with Crippen molar-refractivity contribution in [3.63, 3.8) is 0 Å². The fourth-order valence-corrected chi connectivity index (χ4v) is 2.52. The molecule has 4 heteroatoms. The van der Waals surface area contributed by atoms with Crippen molar-refractivity contribution in [1.29, 1.82) is 0 Å². The van der Waals surface area contributed by atoms with E-state index in [0.717, 1.165) is 26.9 Å². The monoisotopic (exact) mass is 301 g/mol. The lowest BCUT2D eigenvalue weighted by Gasteiger charge is -1.98. The molecule has 2 aromatic heterocycles. The minimum Gasteiger partial charge on any atom is -0.326 e. The predicted octanol–water partition coefficient (Wildman–Crippen LogP) is 3.22. The Balaban J connectivity index is 2.23. The number of pyridine rings is 1. The molecule has 3 rings (SSSR count). The van der Waals surface area contributed by atoms with E-state index in [4.69, 9.17) is 5.73 Å². The zero-order valence-corrected chi connectivity index (χ0v) is 11.3. The number of fused-ring (bicyclic) bond motifs is 1. The third-order valence-corrected chi connectivity index (χ3v) is 3.62. The summed E-state index contributed by atoms with van der Waals surface area (Å²) >= 11 is 3.55. The molecule has 0 aliphatic carbocycles. The molecule has 18 heavy (non-hydrogen) atoms. The highest BCUT2D eigenvalue weighted by Crippen LogP contribution is 2.27. The third kappa shape index (κ3) is 1.83. The number of imidazole rings is 1. The van der Waals surface area contributed by atoms with Crippen LogP contribution in [-0.2, 0) is 6.54 Å². The molecule has 0 atom stereocenters. The molecule has 3 aromatic rings. The highest BCUT2D eigenvalue weighted by Gasteiger charge is 2.09. The summed E-state index contributed by atoms with van der Waals surface area (Å²) < 4.78 is 3.06. The molecule has 0 saturated carbocycles. The maximum atomic E-state index is 5.73. The van der Waals surface area contributed by atoms with Crippen molar-refractivity contribution in [1.82, 2.24) is 9.38 Å². The van der Waals surface area contributed by atoms with E-state index in [0.29, 0.717) is 6.54 Å². The van der Waals surface area contributed by atoms with Crippen LogP contribution in [0.3, 0.4) is 0 Å². The highest BCUT2D eigenvalue weighted by atomic mass is 79.9. The zero-order chi connectivity index (χ0) is 12.5. The van der Waals surface area contributed by atoms with Crippen LogP contribution < -0.4 is 5.73 Å². The lowest BCUT2D eigenvalue weighted by Crippen LogP contribution is -1.99. The Morgan fingerprint density at radius 2 is 2.00 bits per heavy atom. The zero-order valence-electron chi connectivity index (χ0n) is 9.68. The van der Waals surface area contributed by atoms with Gasteiger partial charge < -0.3 is 10.1 Å². The van der Waals surface area contributed by atoms with Crippen LogP contribution in [0.25, 0.3) is 16.9 Å². The van der Waals surface area contributed by atoms with Crippen LogP contribution in [-0.4, -0.2) is 9.38 Å². The van der Waals surface area contributed by atoms with Crippen molar-refractivity contribution < 1.29 is 0 Å². The summed E-state index contributed by atoms with van der Waals surface area (Å²) in [5, 5.41) is 0. The van der Waals surface area contributed by atoms with Gasteiger partial charge >= 0.3 is 0 Å². The van der Waals surface area contributed by atoms with Crippen molar-refractivity contribution in [3.05, 3.63) is 58.8 Å². The molecule has 0 bridgehead atoms. The Hall–Kier alpha value is -1.65. The molecule has 0 fully saturated rings. The predicted molar refractivity (Wildman–Crippen MR) is 76.2 cm³/mol. The number of aromatic nitrogens is 2. The van der Waals surface area contributed by atoms with Gasteiger partial charge in [0.2, 0.25) is 0 Å². The van der Waals surface area contributed by atoms with Crippen LogP contribution in [0.15, 0.2) is 53.3 Å². The van der Waals surface area contributed by atoms with Crippen molar-refractivity contribution in [2.75, 3.05) is 0 Å². The van der Waals surface area contributed by atoms with Crippen molar-refractivity contribution in [2.24, 2.45) is 5.73 Å². The van der Waals surface area contributed by atoms with E-state index in [9.17, 15) is 0 Å². The Morgan fingerprint density at radius 1 is 1.17 bits per heavy atom. The molecule has 0 unspecified atom stereocenters. The van der Waals surface area contributed by atoms with E-state index < -0.39 is 0 Å². The summed E-state index contributed by atoms with van der Waals surface area (Å²) in [6.45, 7) is 0.497. The van der Waals surface area contributed by atoms with Gasteiger partial charge in [-0.15, -0.1) is 0 Å². The van der Waals surface area contributed by atoms with Crippen LogP contribution in [0.1, 0.15) is 5.56 Å². The molecule has 0 aliphatic heterocycles. The maximum Gasteiger partial charge on any atom is 0.141 e. The van der Waals surface area contributed by atoms with Crippen LogP contribution in [0.2, 0.25) is 0 Å². The summed E-state index contributed by atoms with van der Waals surface area (Å²) in [5.41, 5.74) is 9.74. The van der Waals surface area contributed by atoms with Gasteiger partial charge in [0, 0.05) is 34.5 Å². The van der Waals surface area contributed by atoms with E-state index in [1.807, 2.05) is 53.2 Å². The van der Waals surface area contributed by atoms with Crippen LogP contribution in [0.5, 0.6) is 0 Å². The second-order valence-electron chi connectivity index (χ2n) is 4.07. The summed E-state index contributed by atoms with van der Waals surface area (Å²) in [5.74, 6) is 0. The molecule has 2 heterocycles. The fraction of sp³-hybridized carbons (Fsp3) is 0.0714. The van der Waals surface area contributed by atoms with Gasteiger partial charge in [0.05, 0.1) is 5.69 Å². The third-order valence-electron chi connectivity index (χ3n) is 2.93. The van der Waals surface area contributed by atoms with Gasteiger partial charge in [0.15, 0.2) is 0 Å². The average Bonchev–Trinajstić information content (AvgIpc) is 2.82. The van der Waals surface area contributed by atoms with E-state index in [1.54, 1.807) is 0 Å². The first kappa shape index (κ1) is 11.4. The minimum absolute atomic E-state index is 0.497. The molecule has 2 N–H and O–H groups in total. The van der Waals surface area contributed by atoms with E-state index >= 15 is 0 Å². The van der Waals surface area contributed by atoms with E-state index in [1.165, 1.54) is 0 Å². The smallest absolute Gasteiger partial charge is 0.141 e. The van der Waals surface area contributed by atoms with E-state index in [-0.39, 0.29) is 0 Å². The molecule has 0 aliphatic rings. The molecule has 3 nitrogen and oxygen atoms in total. The van der Waals surface area contributed by atoms with E-state index in [2.05, 4.69) is 20.9 Å². The summed E-state index contributed by atoms with van der Waals surface area (Å²) in [4.78, 5) is 4.67. The standard InChI is InChI=1S/C14H12BrN3/c15-12-6-2-1-5-11(12)13-9-18-7-3-4-10(8-16)14(18)17-13/h1-7,9H,8,16H2. The van der Waals surface area contributed by atoms with Crippen LogP contribution in [0, 0.1) is 0 Å². The molecular weight excluding hydrogens is 290 g/mol. The second kappa shape index (κ2) is 4.55.